The Morgan fingerprint density at radius 1 is 0.355 bits per heavy atom. The second-order valence-corrected chi connectivity index (χ2v) is 15.3. The van der Waals surface area contributed by atoms with Gasteiger partial charge >= 0.3 is 0 Å². The summed E-state index contributed by atoms with van der Waals surface area (Å²) in [5.74, 6) is 0.897. The highest BCUT2D eigenvalue weighted by Gasteiger charge is 2.23. The van der Waals surface area contributed by atoms with Gasteiger partial charge in [-0.05, 0) is 80.3 Å². The molecule has 0 bridgehead atoms. The van der Waals surface area contributed by atoms with Gasteiger partial charge in [0.05, 0.1) is 27.7 Å². The first-order chi connectivity index (χ1) is 34.1. The van der Waals surface area contributed by atoms with Gasteiger partial charge < -0.3 is 8.98 Å². The lowest BCUT2D eigenvalue weighted by Gasteiger charge is -2.19. The third-order valence-electron chi connectivity index (χ3n) is 11.9. The second kappa shape index (κ2) is 13.6. The van der Waals surface area contributed by atoms with E-state index in [1.54, 1.807) is 4.57 Å². The van der Waals surface area contributed by atoms with E-state index in [1.165, 1.54) is 0 Å². The number of hydrogen-bond acceptors (Lipinski definition) is 4. The Balaban J connectivity index is 1.19. The van der Waals surface area contributed by atoms with Crippen molar-refractivity contribution in [2.45, 2.75) is 0 Å². The molecule has 0 spiro atoms. The Morgan fingerprint density at radius 3 is 1.58 bits per heavy atom. The van der Waals surface area contributed by atoms with E-state index in [2.05, 4.69) is 36.4 Å². The van der Waals surface area contributed by atoms with Crippen molar-refractivity contribution in [2.75, 3.05) is 0 Å². The molecule has 0 amide bonds. The van der Waals surface area contributed by atoms with E-state index >= 15 is 0 Å². The molecular weight excluding hydrogens is 757 g/mol. The predicted octanol–water partition coefficient (Wildman–Crippen LogP) is 15.0. The molecule has 13 rings (SSSR count). The maximum Gasteiger partial charge on any atom is 0.166 e. The first-order valence-corrected chi connectivity index (χ1v) is 20.3. The Kier molecular flexibility index (Phi) is 5.99. The lowest BCUT2D eigenvalue weighted by molar-refractivity contribution is 0.669. The highest BCUT2D eigenvalue weighted by atomic mass is 16.3. The summed E-state index contributed by atoms with van der Waals surface area (Å²) in [6, 6.07) is 47.8. The van der Waals surface area contributed by atoms with Crippen molar-refractivity contribution < 1.29 is 15.4 Å². The summed E-state index contributed by atoms with van der Waals surface area (Å²) >= 11 is 0. The van der Waals surface area contributed by atoms with Crippen molar-refractivity contribution in [3.05, 3.63) is 206 Å². The van der Waals surface area contributed by atoms with Gasteiger partial charge in [-0.1, -0.05) is 164 Å². The summed E-state index contributed by atoms with van der Waals surface area (Å²) < 4.78 is 81.1. The summed E-state index contributed by atoms with van der Waals surface area (Å²) in [5, 5.41) is 8.16. The van der Waals surface area contributed by atoms with E-state index < -0.39 is 48.3 Å². The lowest BCUT2D eigenvalue weighted by Crippen LogP contribution is -2.05. The Hall–Kier alpha value is -8.41. The minimum absolute atomic E-state index is 0.0215. The van der Waals surface area contributed by atoms with Crippen LogP contribution in [0.3, 0.4) is 0 Å². The molecule has 0 aliphatic heterocycles. The highest BCUT2D eigenvalue weighted by Crippen LogP contribution is 2.44. The number of aromatic nitrogens is 4. The van der Waals surface area contributed by atoms with Crippen LogP contribution >= 0.6 is 0 Å². The normalized spacial score (nSPS) is 13.7. The maximum absolute atomic E-state index is 9.54. The van der Waals surface area contributed by atoms with E-state index in [1.807, 2.05) is 121 Å². The number of nitrogens with zero attached hydrogens (tertiary/aromatic N) is 4. The summed E-state index contributed by atoms with van der Waals surface area (Å²) in [6.07, 6.45) is 0. The number of rotatable bonds is 5. The molecule has 0 aliphatic carbocycles. The van der Waals surface area contributed by atoms with Crippen LogP contribution in [0.25, 0.3) is 127 Å². The van der Waals surface area contributed by atoms with E-state index in [4.69, 9.17) is 24.9 Å². The monoisotopic (exact) mass is 798 g/mol. The third kappa shape index (κ3) is 5.25. The average molecular weight is 799 g/mol. The summed E-state index contributed by atoms with van der Waals surface area (Å²) in [4.78, 5) is 15.4. The van der Waals surface area contributed by atoms with Gasteiger partial charge in [-0.25, -0.2) is 15.0 Å². The predicted molar refractivity (Wildman–Crippen MR) is 256 cm³/mol. The smallest absolute Gasteiger partial charge is 0.166 e. The van der Waals surface area contributed by atoms with Gasteiger partial charge in [0, 0.05) is 43.8 Å². The van der Waals surface area contributed by atoms with E-state index in [9.17, 15) is 5.48 Å². The molecule has 13 aromatic rings. The fraction of sp³-hybridized carbons (Fsp3) is 0. The van der Waals surface area contributed by atoms with Crippen LogP contribution in [-0.4, -0.2) is 19.5 Å². The third-order valence-corrected chi connectivity index (χ3v) is 11.9. The van der Waals surface area contributed by atoms with Crippen LogP contribution in [0, 0.1) is 0 Å². The lowest BCUT2D eigenvalue weighted by atomic mass is 9.91. The largest absolute Gasteiger partial charge is 0.456 e. The van der Waals surface area contributed by atoms with Crippen LogP contribution in [0.5, 0.6) is 0 Å². The van der Waals surface area contributed by atoms with Crippen molar-refractivity contribution in [1.29, 1.82) is 0 Å². The molecule has 288 valence electrons. The van der Waals surface area contributed by atoms with Crippen LogP contribution in [0.15, 0.2) is 210 Å². The van der Waals surface area contributed by atoms with Gasteiger partial charge in [-0.15, -0.1) is 0 Å². The van der Waals surface area contributed by atoms with E-state index in [0.29, 0.717) is 45.2 Å². The SMILES string of the molecule is [2H]c1c([2H])c([2H])c2c(c1[2H])c1c([2H])c([2H])c([2H])c([2H])c1n2-c1c(-c2ccc3c4ccccc4c4ccccc4c3c2)cccc1-c1nc(-c2ccccc2)nc(-c2ccc3c(c2)oc2ccccc23)n1. The number of furan rings is 1. The van der Waals surface area contributed by atoms with Crippen molar-refractivity contribution >= 4 is 76.1 Å². The van der Waals surface area contributed by atoms with Gasteiger partial charge in [-0.3, -0.25) is 0 Å². The van der Waals surface area contributed by atoms with E-state index in [-0.39, 0.29) is 27.6 Å². The molecule has 0 fully saturated rings. The van der Waals surface area contributed by atoms with Crippen LogP contribution in [0.2, 0.25) is 0 Å². The summed E-state index contributed by atoms with van der Waals surface area (Å²) in [6.45, 7) is 0. The van der Waals surface area contributed by atoms with Crippen LogP contribution in [0.4, 0.5) is 0 Å². The molecule has 0 saturated carbocycles. The molecule has 5 nitrogen and oxygen atoms in total. The molecule has 0 saturated heterocycles. The van der Waals surface area contributed by atoms with Gasteiger partial charge in [0.1, 0.15) is 11.2 Å². The van der Waals surface area contributed by atoms with Crippen LogP contribution in [0.1, 0.15) is 11.0 Å². The van der Waals surface area contributed by atoms with Crippen molar-refractivity contribution in [1.82, 2.24) is 19.5 Å². The molecule has 10 aromatic carbocycles. The number of fused-ring (bicyclic) bond motifs is 12. The zero-order chi connectivity index (χ0) is 47.7. The minimum atomic E-state index is -0.526. The Bertz CT molecular complexity index is 4300. The zero-order valence-electron chi connectivity index (χ0n) is 40.7. The van der Waals surface area contributed by atoms with Crippen molar-refractivity contribution in [3.8, 4) is 51.0 Å². The van der Waals surface area contributed by atoms with Crippen molar-refractivity contribution in [2.24, 2.45) is 0 Å². The maximum atomic E-state index is 9.54. The topological polar surface area (TPSA) is 56.7 Å². The van der Waals surface area contributed by atoms with Gasteiger partial charge in [-0.2, -0.15) is 0 Å². The molecule has 0 atom stereocenters. The molecule has 3 heterocycles. The van der Waals surface area contributed by atoms with Gasteiger partial charge in [0.2, 0.25) is 0 Å². The van der Waals surface area contributed by atoms with Gasteiger partial charge in [0.15, 0.2) is 17.5 Å². The summed E-state index contributed by atoms with van der Waals surface area (Å²) in [5.41, 5.74) is 4.78. The Morgan fingerprint density at radius 2 is 0.871 bits per heavy atom. The first kappa shape index (κ1) is 27.4. The average Bonchev–Trinajstić information content (AvgIpc) is 3.97. The standard InChI is InChI=1S/C57H34N4O/c1-2-15-35(16-3-1)55-58-56(37-30-32-47-46-23-10-13-28-52(46)62-53(47)34-37)60-57(59-55)48-25-14-24-38(54(48)61-50-26-11-8-21-44(50)45-22-9-12-27-51(45)61)36-29-31-43-41-19-5-4-17-39(41)40-18-6-7-20-42(40)49(43)33-36/h1-34H/i8D,9D,11D,12D,21D,22D,26D,27D. The van der Waals surface area contributed by atoms with Gasteiger partial charge in [0.25, 0.3) is 0 Å². The first-order valence-electron chi connectivity index (χ1n) is 24.3. The number of para-hydroxylation sites is 4. The minimum Gasteiger partial charge on any atom is -0.456 e. The second-order valence-electron chi connectivity index (χ2n) is 15.3. The molecule has 62 heavy (non-hydrogen) atoms. The molecule has 0 unspecified atom stereocenters. The molecule has 3 aromatic heterocycles. The quantitative estimate of drug-likeness (QED) is 0.163. The molecule has 0 aliphatic rings. The van der Waals surface area contributed by atoms with Crippen LogP contribution in [-0.2, 0) is 0 Å². The van der Waals surface area contributed by atoms with E-state index in [0.717, 1.165) is 54.2 Å². The number of hydrogen-bond donors (Lipinski definition) is 0. The highest BCUT2D eigenvalue weighted by molar-refractivity contribution is 6.26. The molecule has 5 heteroatoms. The fourth-order valence-corrected chi connectivity index (χ4v) is 9.12. The fourth-order valence-electron chi connectivity index (χ4n) is 9.12. The Labute approximate surface area is 367 Å². The van der Waals surface area contributed by atoms with Crippen molar-refractivity contribution in [3.63, 3.8) is 0 Å². The number of benzene rings is 10. The molecule has 0 radical (unpaired) electrons. The van der Waals surface area contributed by atoms with Crippen LogP contribution < -0.4 is 0 Å². The summed E-state index contributed by atoms with van der Waals surface area (Å²) in [7, 11) is 0. The zero-order valence-corrected chi connectivity index (χ0v) is 32.7. The molecular formula is C57H34N4O. The molecule has 0 N–H and O–H groups in total.